The first kappa shape index (κ1) is 16.0. The van der Waals surface area contributed by atoms with E-state index in [0.717, 1.165) is 29.8 Å². The molecule has 0 radical (unpaired) electrons. The minimum absolute atomic E-state index is 0.0343. The van der Waals surface area contributed by atoms with E-state index in [1.165, 1.54) is 0 Å². The number of rotatable bonds is 4. The molecule has 1 aromatic carbocycles. The van der Waals surface area contributed by atoms with Gasteiger partial charge in [0.15, 0.2) is 11.6 Å². The van der Waals surface area contributed by atoms with Crippen molar-refractivity contribution in [1.29, 1.82) is 0 Å². The number of hydrogen-bond acceptors (Lipinski definition) is 7. The smallest absolute Gasteiger partial charge is 0.258 e. The molecule has 5 rings (SSSR count). The number of anilines is 2. The van der Waals surface area contributed by atoms with Crippen molar-refractivity contribution in [2.75, 3.05) is 36.0 Å². The molecule has 0 aliphatic carbocycles. The Kier molecular flexibility index (Phi) is 3.85. The number of Topliss-reactive ketones (excluding diaryl/α,β-unsaturated/α-hetero) is 1. The van der Waals surface area contributed by atoms with Gasteiger partial charge >= 0.3 is 0 Å². The van der Waals surface area contributed by atoms with Gasteiger partial charge in [-0.2, -0.15) is 0 Å². The summed E-state index contributed by atoms with van der Waals surface area (Å²) in [6, 6.07) is 12.2. The molecule has 3 aromatic rings. The third kappa shape index (κ3) is 3.05. The number of nitrogens with zero attached hydrogens (tertiary/aromatic N) is 5. The molecule has 0 spiro atoms. The quantitative estimate of drug-likeness (QED) is 0.704. The number of carbonyl (C=O) groups is 1. The second kappa shape index (κ2) is 6.50. The third-order valence-electron chi connectivity index (χ3n) is 5.01. The van der Waals surface area contributed by atoms with Gasteiger partial charge in [-0.05, 0) is 18.2 Å². The van der Waals surface area contributed by atoms with Crippen molar-refractivity contribution in [3.8, 4) is 5.88 Å². The third-order valence-corrected chi connectivity index (χ3v) is 5.01. The van der Waals surface area contributed by atoms with E-state index in [1.807, 2.05) is 29.2 Å². The van der Waals surface area contributed by atoms with Gasteiger partial charge < -0.3 is 14.5 Å². The minimum Gasteiger partial charge on any atom is -0.468 e. The van der Waals surface area contributed by atoms with E-state index in [9.17, 15) is 4.79 Å². The number of aromatic nitrogens is 3. The van der Waals surface area contributed by atoms with Crippen LogP contribution in [0, 0.1) is 0 Å². The summed E-state index contributed by atoms with van der Waals surface area (Å²) in [6.07, 6.45) is 3.85. The molecule has 0 unspecified atom stereocenters. The largest absolute Gasteiger partial charge is 0.468 e. The van der Waals surface area contributed by atoms with Gasteiger partial charge in [-0.15, -0.1) is 0 Å². The Morgan fingerprint density at radius 2 is 1.85 bits per heavy atom. The molecule has 0 N–H and O–H groups in total. The molecule has 7 heteroatoms. The van der Waals surface area contributed by atoms with Gasteiger partial charge in [0, 0.05) is 30.7 Å². The highest BCUT2D eigenvalue weighted by atomic mass is 16.5. The van der Waals surface area contributed by atoms with Crippen molar-refractivity contribution in [3.63, 3.8) is 0 Å². The lowest BCUT2D eigenvalue weighted by Gasteiger charge is -2.39. The molecule has 2 fully saturated rings. The molecule has 136 valence electrons. The van der Waals surface area contributed by atoms with E-state index in [-0.39, 0.29) is 11.9 Å². The van der Waals surface area contributed by atoms with Gasteiger partial charge in [0.05, 0.1) is 25.2 Å². The number of ether oxygens (including phenoxy) is 1. The summed E-state index contributed by atoms with van der Waals surface area (Å²) in [4.78, 5) is 29.1. The molecule has 0 amide bonds. The molecule has 2 aliphatic heterocycles. The maximum Gasteiger partial charge on any atom is 0.258 e. The zero-order valence-corrected chi connectivity index (χ0v) is 14.8. The van der Waals surface area contributed by atoms with Gasteiger partial charge in [-0.25, -0.2) is 15.0 Å². The van der Waals surface area contributed by atoms with Gasteiger partial charge in [0.1, 0.15) is 11.9 Å². The van der Waals surface area contributed by atoms with Crippen molar-refractivity contribution in [2.24, 2.45) is 0 Å². The van der Waals surface area contributed by atoms with Crippen LogP contribution < -0.4 is 14.5 Å². The highest BCUT2D eigenvalue weighted by Crippen LogP contribution is 2.29. The summed E-state index contributed by atoms with van der Waals surface area (Å²) in [5.74, 6) is 2.34. The van der Waals surface area contributed by atoms with Crippen molar-refractivity contribution >= 4 is 28.3 Å². The predicted molar refractivity (Wildman–Crippen MR) is 102 cm³/mol. The Hall–Kier alpha value is -3.22. The standard InChI is InChI=1S/C20H19N5O2/c26-15-7-10-24(11-15)19-20(22-9-8-21-19)27-16-12-25(13-16)18-6-5-14-3-1-2-4-17(14)23-18/h1-6,8-9,16H,7,10-13H2. The van der Waals surface area contributed by atoms with Crippen molar-refractivity contribution < 1.29 is 9.53 Å². The van der Waals surface area contributed by atoms with Crippen LogP contribution in [-0.2, 0) is 4.79 Å². The molecule has 7 nitrogen and oxygen atoms in total. The zero-order valence-electron chi connectivity index (χ0n) is 14.8. The summed E-state index contributed by atoms with van der Waals surface area (Å²) >= 11 is 0. The van der Waals surface area contributed by atoms with Crippen LogP contribution in [0.4, 0.5) is 11.6 Å². The average molecular weight is 361 g/mol. The number of fused-ring (bicyclic) bond motifs is 1. The summed E-state index contributed by atoms with van der Waals surface area (Å²) in [7, 11) is 0. The van der Waals surface area contributed by atoms with Crippen molar-refractivity contribution in [3.05, 3.63) is 48.8 Å². The first-order valence-corrected chi connectivity index (χ1v) is 9.11. The molecule has 4 heterocycles. The highest BCUT2D eigenvalue weighted by Gasteiger charge is 2.32. The highest BCUT2D eigenvalue weighted by molar-refractivity contribution is 5.87. The Labute approximate surface area is 156 Å². The molecule has 2 aliphatic rings. The first-order chi connectivity index (χ1) is 13.3. The maximum atomic E-state index is 11.6. The lowest BCUT2D eigenvalue weighted by atomic mass is 10.1. The van der Waals surface area contributed by atoms with Crippen LogP contribution in [0.25, 0.3) is 10.9 Å². The van der Waals surface area contributed by atoms with Gasteiger partial charge in [-0.3, -0.25) is 4.79 Å². The van der Waals surface area contributed by atoms with Crippen molar-refractivity contribution in [2.45, 2.75) is 12.5 Å². The molecule has 2 aromatic heterocycles. The number of carbonyl (C=O) groups excluding carboxylic acids is 1. The number of hydrogen-bond donors (Lipinski definition) is 0. The van der Waals surface area contributed by atoms with E-state index < -0.39 is 0 Å². The zero-order chi connectivity index (χ0) is 18.2. The van der Waals surface area contributed by atoms with E-state index in [2.05, 4.69) is 27.0 Å². The number of para-hydroxylation sites is 1. The maximum absolute atomic E-state index is 11.6. The van der Waals surface area contributed by atoms with Gasteiger partial charge in [-0.1, -0.05) is 18.2 Å². The van der Waals surface area contributed by atoms with E-state index in [1.54, 1.807) is 12.4 Å². The van der Waals surface area contributed by atoms with Crippen LogP contribution in [0.15, 0.2) is 48.8 Å². The Bertz CT molecular complexity index is 1000. The van der Waals surface area contributed by atoms with E-state index in [0.29, 0.717) is 31.2 Å². The SMILES string of the molecule is O=C1CCN(c2nccnc2OC2CN(c3ccc4ccccc4n3)C2)C1. The molecular formula is C20H19N5O2. The van der Waals surface area contributed by atoms with Gasteiger partial charge in [0.2, 0.25) is 0 Å². The minimum atomic E-state index is 0.0343. The Morgan fingerprint density at radius 1 is 1.00 bits per heavy atom. The number of pyridine rings is 1. The Morgan fingerprint density at radius 3 is 2.70 bits per heavy atom. The normalized spacial score (nSPS) is 17.4. The fourth-order valence-corrected chi connectivity index (χ4v) is 3.52. The number of benzene rings is 1. The Balaban J connectivity index is 1.27. The van der Waals surface area contributed by atoms with Crippen molar-refractivity contribution in [1.82, 2.24) is 15.0 Å². The molecule has 0 saturated carbocycles. The monoisotopic (exact) mass is 361 g/mol. The lowest BCUT2D eigenvalue weighted by molar-refractivity contribution is -0.116. The molecule has 2 saturated heterocycles. The summed E-state index contributed by atoms with van der Waals surface area (Å²) in [5.41, 5.74) is 0.995. The average Bonchev–Trinajstić information content (AvgIpc) is 3.10. The topological polar surface area (TPSA) is 71.5 Å². The van der Waals surface area contributed by atoms with Gasteiger partial charge in [0.25, 0.3) is 5.88 Å². The molecular weight excluding hydrogens is 342 g/mol. The van der Waals surface area contributed by atoms with Crippen LogP contribution in [0.3, 0.4) is 0 Å². The van der Waals surface area contributed by atoms with Crippen LogP contribution in [0.2, 0.25) is 0 Å². The van der Waals surface area contributed by atoms with E-state index in [4.69, 9.17) is 9.72 Å². The molecule has 0 atom stereocenters. The van der Waals surface area contributed by atoms with E-state index >= 15 is 0 Å². The van der Waals surface area contributed by atoms with Crippen LogP contribution in [0.1, 0.15) is 6.42 Å². The summed E-state index contributed by atoms with van der Waals surface area (Å²) in [6.45, 7) is 2.55. The molecule has 0 bridgehead atoms. The lowest BCUT2D eigenvalue weighted by Crippen LogP contribution is -2.54. The fraction of sp³-hybridized carbons (Fsp3) is 0.300. The summed E-state index contributed by atoms with van der Waals surface area (Å²) in [5, 5.41) is 1.14. The van der Waals surface area contributed by atoms with Crippen LogP contribution in [-0.4, -0.2) is 53.0 Å². The second-order valence-corrected chi connectivity index (χ2v) is 6.90. The van der Waals surface area contributed by atoms with Crippen LogP contribution in [0.5, 0.6) is 5.88 Å². The second-order valence-electron chi connectivity index (χ2n) is 6.90. The first-order valence-electron chi connectivity index (χ1n) is 9.11. The predicted octanol–water partition coefficient (Wildman–Crippen LogP) is 2.07. The molecule has 27 heavy (non-hydrogen) atoms. The summed E-state index contributed by atoms with van der Waals surface area (Å²) < 4.78 is 6.07. The number of ketones is 1. The van der Waals surface area contributed by atoms with Crippen LogP contribution >= 0.6 is 0 Å². The fourth-order valence-electron chi connectivity index (χ4n) is 3.52.